The Morgan fingerprint density at radius 1 is 1.60 bits per heavy atom. The number of ether oxygens (including phenoxy) is 1. The predicted octanol–water partition coefficient (Wildman–Crippen LogP) is -0.267. The van der Waals surface area contributed by atoms with E-state index in [1.54, 1.807) is 0 Å². The van der Waals surface area contributed by atoms with Crippen LogP contribution >= 0.6 is 0 Å². The molecule has 3 heteroatoms. The van der Waals surface area contributed by atoms with E-state index in [-0.39, 0.29) is 12.6 Å². The molecule has 1 rings (SSSR count). The average molecular weight is 145 g/mol. The van der Waals surface area contributed by atoms with E-state index in [9.17, 15) is 0 Å². The molecule has 60 valence electrons. The molecule has 1 aliphatic heterocycles. The monoisotopic (exact) mass is 145 g/mol. The molecule has 1 heterocycles. The van der Waals surface area contributed by atoms with Crippen LogP contribution in [0.5, 0.6) is 0 Å². The summed E-state index contributed by atoms with van der Waals surface area (Å²) in [5.74, 6) is 0.706. The molecule has 1 saturated heterocycles. The number of aliphatic hydroxyl groups excluding tert-OH is 1. The molecule has 0 saturated carbocycles. The van der Waals surface area contributed by atoms with Crippen molar-refractivity contribution in [1.29, 1.82) is 0 Å². The zero-order valence-electron chi connectivity index (χ0n) is 6.12. The van der Waals surface area contributed by atoms with E-state index in [4.69, 9.17) is 15.6 Å². The summed E-state index contributed by atoms with van der Waals surface area (Å²) < 4.78 is 5.00. The molecule has 1 unspecified atom stereocenters. The first kappa shape index (κ1) is 7.98. The second-order valence-corrected chi connectivity index (χ2v) is 2.92. The molecule has 0 aromatic carbocycles. The minimum atomic E-state index is -0.0272. The Balaban J connectivity index is 1.93. The average Bonchev–Trinajstić information content (AvgIpc) is 1.84. The first-order chi connectivity index (χ1) is 4.83. The van der Waals surface area contributed by atoms with E-state index < -0.39 is 0 Å². The van der Waals surface area contributed by atoms with E-state index >= 15 is 0 Å². The van der Waals surface area contributed by atoms with Crippen LogP contribution in [0.2, 0.25) is 0 Å². The van der Waals surface area contributed by atoms with Crippen LogP contribution < -0.4 is 5.73 Å². The van der Waals surface area contributed by atoms with E-state index in [1.807, 2.05) is 0 Å². The lowest BCUT2D eigenvalue weighted by Crippen LogP contribution is -2.31. The summed E-state index contributed by atoms with van der Waals surface area (Å²) in [6.07, 6.45) is 2.02. The minimum Gasteiger partial charge on any atom is -0.395 e. The number of hydrogen-bond donors (Lipinski definition) is 2. The SMILES string of the molecule is NC(CO)CCC1COC1. The summed E-state index contributed by atoms with van der Waals surface area (Å²) >= 11 is 0. The van der Waals surface area contributed by atoms with Crippen LogP contribution in [0.25, 0.3) is 0 Å². The number of rotatable bonds is 4. The van der Waals surface area contributed by atoms with E-state index in [1.165, 1.54) is 0 Å². The molecule has 3 nitrogen and oxygen atoms in total. The normalized spacial score (nSPS) is 22.2. The highest BCUT2D eigenvalue weighted by Crippen LogP contribution is 2.16. The third-order valence-electron chi connectivity index (χ3n) is 1.89. The summed E-state index contributed by atoms with van der Waals surface area (Å²) in [4.78, 5) is 0. The van der Waals surface area contributed by atoms with E-state index in [0.717, 1.165) is 26.1 Å². The van der Waals surface area contributed by atoms with Gasteiger partial charge in [0.05, 0.1) is 19.8 Å². The molecule has 10 heavy (non-hydrogen) atoms. The van der Waals surface area contributed by atoms with Gasteiger partial charge in [-0.1, -0.05) is 0 Å². The topological polar surface area (TPSA) is 55.5 Å². The third kappa shape index (κ3) is 2.25. The van der Waals surface area contributed by atoms with Gasteiger partial charge in [0.2, 0.25) is 0 Å². The number of hydrogen-bond acceptors (Lipinski definition) is 3. The van der Waals surface area contributed by atoms with Crippen LogP contribution in [0, 0.1) is 5.92 Å². The highest BCUT2D eigenvalue weighted by Gasteiger charge is 2.18. The maximum Gasteiger partial charge on any atom is 0.0582 e. The Morgan fingerprint density at radius 3 is 2.70 bits per heavy atom. The highest BCUT2D eigenvalue weighted by molar-refractivity contribution is 4.68. The van der Waals surface area contributed by atoms with Crippen molar-refractivity contribution in [2.75, 3.05) is 19.8 Å². The molecule has 3 N–H and O–H groups in total. The lowest BCUT2D eigenvalue weighted by Gasteiger charge is -2.26. The fraction of sp³-hybridized carbons (Fsp3) is 1.00. The second kappa shape index (κ2) is 3.91. The smallest absolute Gasteiger partial charge is 0.0582 e. The first-order valence-corrected chi connectivity index (χ1v) is 3.77. The van der Waals surface area contributed by atoms with Crippen LogP contribution in [0.3, 0.4) is 0 Å². The summed E-state index contributed by atoms with van der Waals surface area (Å²) in [7, 11) is 0. The zero-order chi connectivity index (χ0) is 7.40. The summed E-state index contributed by atoms with van der Waals surface area (Å²) in [5.41, 5.74) is 5.51. The van der Waals surface area contributed by atoms with Crippen LogP contribution in [0.1, 0.15) is 12.8 Å². The molecule has 1 fully saturated rings. The van der Waals surface area contributed by atoms with Crippen molar-refractivity contribution >= 4 is 0 Å². The van der Waals surface area contributed by atoms with Gasteiger partial charge in [0.25, 0.3) is 0 Å². The number of nitrogens with two attached hydrogens (primary N) is 1. The Hall–Kier alpha value is -0.120. The maximum absolute atomic E-state index is 8.58. The minimum absolute atomic E-state index is 0.0272. The van der Waals surface area contributed by atoms with Gasteiger partial charge in [-0.05, 0) is 12.8 Å². The molecular formula is C7H15NO2. The van der Waals surface area contributed by atoms with Gasteiger partial charge in [0.15, 0.2) is 0 Å². The lowest BCUT2D eigenvalue weighted by atomic mass is 9.99. The fourth-order valence-electron chi connectivity index (χ4n) is 0.992. The lowest BCUT2D eigenvalue weighted by molar-refractivity contribution is -0.0373. The van der Waals surface area contributed by atoms with Crippen LogP contribution in [-0.4, -0.2) is 31.0 Å². The van der Waals surface area contributed by atoms with E-state index in [0.29, 0.717) is 5.92 Å². The van der Waals surface area contributed by atoms with Gasteiger partial charge in [-0.2, -0.15) is 0 Å². The molecule has 1 aliphatic rings. The fourth-order valence-corrected chi connectivity index (χ4v) is 0.992. The van der Waals surface area contributed by atoms with Gasteiger partial charge in [0.1, 0.15) is 0 Å². The molecule has 0 aliphatic carbocycles. The molecule has 0 spiro atoms. The summed E-state index contributed by atoms with van der Waals surface area (Å²) in [5, 5.41) is 8.58. The Labute approximate surface area is 61.2 Å². The van der Waals surface area contributed by atoms with Crippen molar-refractivity contribution in [2.45, 2.75) is 18.9 Å². The van der Waals surface area contributed by atoms with Gasteiger partial charge >= 0.3 is 0 Å². The molecule has 0 amide bonds. The van der Waals surface area contributed by atoms with Crippen molar-refractivity contribution in [3.63, 3.8) is 0 Å². The molecular weight excluding hydrogens is 130 g/mol. The van der Waals surface area contributed by atoms with Crippen molar-refractivity contribution in [3.8, 4) is 0 Å². The van der Waals surface area contributed by atoms with Crippen molar-refractivity contribution in [3.05, 3.63) is 0 Å². The molecule has 0 radical (unpaired) electrons. The van der Waals surface area contributed by atoms with Gasteiger partial charge < -0.3 is 15.6 Å². The molecule has 1 atom stereocenters. The Bertz CT molecular complexity index is 88.9. The van der Waals surface area contributed by atoms with Crippen molar-refractivity contribution < 1.29 is 9.84 Å². The zero-order valence-corrected chi connectivity index (χ0v) is 6.12. The Morgan fingerprint density at radius 2 is 2.30 bits per heavy atom. The molecule has 0 bridgehead atoms. The van der Waals surface area contributed by atoms with E-state index in [2.05, 4.69) is 0 Å². The largest absolute Gasteiger partial charge is 0.395 e. The predicted molar refractivity (Wildman–Crippen MR) is 38.6 cm³/mol. The second-order valence-electron chi connectivity index (χ2n) is 2.92. The molecule has 0 aromatic heterocycles. The number of aliphatic hydroxyl groups is 1. The quantitative estimate of drug-likeness (QED) is 0.572. The third-order valence-corrected chi connectivity index (χ3v) is 1.89. The highest BCUT2D eigenvalue weighted by atomic mass is 16.5. The van der Waals surface area contributed by atoms with Crippen LogP contribution in [0.4, 0.5) is 0 Å². The van der Waals surface area contributed by atoms with Gasteiger partial charge in [-0.15, -0.1) is 0 Å². The standard InChI is InChI=1S/C7H15NO2/c8-7(3-9)2-1-6-4-10-5-6/h6-7,9H,1-5,8H2. The Kier molecular flexibility index (Phi) is 3.12. The first-order valence-electron chi connectivity index (χ1n) is 3.77. The van der Waals surface area contributed by atoms with Gasteiger partial charge in [-0.3, -0.25) is 0 Å². The molecule has 0 aromatic rings. The van der Waals surface area contributed by atoms with Crippen LogP contribution in [0.15, 0.2) is 0 Å². The summed E-state index contributed by atoms with van der Waals surface area (Å²) in [6.45, 7) is 1.88. The van der Waals surface area contributed by atoms with Gasteiger partial charge in [-0.25, -0.2) is 0 Å². The maximum atomic E-state index is 8.58. The van der Waals surface area contributed by atoms with Gasteiger partial charge in [0, 0.05) is 12.0 Å². The van der Waals surface area contributed by atoms with Crippen molar-refractivity contribution in [2.24, 2.45) is 11.7 Å². The summed E-state index contributed by atoms with van der Waals surface area (Å²) in [6, 6.07) is -0.0272. The van der Waals surface area contributed by atoms with Crippen LogP contribution in [-0.2, 0) is 4.74 Å². The van der Waals surface area contributed by atoms with Crippen molar-refractivity contribution in [1.82, 2.24) is 0 Å².